The predicted octanol–water partition coefficient (Wildman–Crippen LogP) is 1.08. The number of halogens is 3. The van der Waals surface area contributed by atoms with Crippen molar-refractivity contribution in [3.05, 3.63) is 12.7 Å². The number of imidazole rings is 1. The first-order valence-electron chi connectivity index (χ1n) is 9.03. The summed E-state index contributed by atoms with van der Waals surface area (Å²) in [4.78, 5) is 11.9. The van der Waals surface area contributed by atoms with Gasteiger partial charge in [0.15, 0.2) is 17.7 Å². The molecule has 4 heterocycles. The van der Waals surface area contributed by atoms with E-state index in [2.05, 4.69) is 19.7 Å². The van der Waals surface area contributed by atoms with E-state index >= 15 is 0 Å². The van der Waals surface area contributed by atoms with Crippen LogP contribution in [0.3, 0.4) is 0 Å². The Morgan fingerprint density at radius 1 is 1.21 bits per heavy atom. The van der Waals surface area contributed by atoms with Crippen molar-refractivity contribution in [1.82, 2.24) is 19.5 Å². The van der Waals surface area contributed by atoms with Gasteiger partial charge in [-0.05, 0) is 30.3 Å². The van der Waals surface area contributed by atoms with Crippen LogP contribution < -0.4 is 5.73 Å². The van der Waals surface area contributed by atoms with Crippen LogP contribution in [-0.4, -0.2) is 72.0 Å². The minimum Gasteiger partial charge on any atom is -0.387 e. The third-order valence-electron chi connectivity index (χ3n) is 5.26. The second-order valence-electron chi connectivity index (χ2n) is 7.03. The first-order valence-corrected chi connectivity index (χ1v) is 10.2. The van der Waals surface area contributed by atoms with Crippen LogP contribution in [0.25, 0.3) is 11.2 Å². The number of alkyl halides is 3. The van der Waals surface area contributed by atoms with Crippen LogP contribution in [0.1, 0.15) is 19.1 Å². The van der Waals surface area contributed by atoms with Crippen LogP contribution in [0.15, 0.2) is 12.7 Å². The summed E-state index contributed by atoms with van der Waals surface area (Å²) in [5, 5.41) is 21.1. The number of hydrogen-bond acceptors (Lipinski definition) is 9. The third-order valence-corrected chi connectivity index (χ3v) is 6.31. The number of aromatic nitrogens is 4. The van der Waals surface area contributed by atoms with E-state index in [0.29, 0.717) is 24.3 Å². The molecule has 2 saturated heterocycles. The molecule has 1 unspecified atom stereocenters. The maximum Gasteiger partial charge on any atom is 0.522 e. The molecule has 13 heteroatoms. The molecule has 2 fully saturated rings. The standard InChI is InChI=1S/C16H20F3N5O4S/c17-16(18,19)28-11(7-1-3-29-4-2-7)12-9(25)10(26)15(27-12)24-6-23-8-13(20)21-5-22-14(8)24/h5-7,9-12,15,25-26H,1-4H2,(H2,20,21,22)/t9-,10+,11?,12-,15+/m0/s1. The monoisotopic (exact) mass is 435 g/mol. The normalized spacial score (nSPS) is 30.1. The Hall–Kier alpha value is -1.67. The van der Waals surface area contributed by atoms with E-state index in [1.807, 2.05) is 0 Å². The number of ether oxygens (including phenoxy) is 2. The van der Waals surface area contributed by atoms with Crippen LogP contribution in [-0.2, 0) is 9.47 Å². The highest BCUT2D eigenvalue weighted by atomic mass is 32.2. The third kappa shape index (κ3) is 4.01. The molecule has 2 aromatic rings. The van der Waals surface area contributed by atoms with E-state index in [-0.39, 0.29) is 17.0 Å². The summed E-state index contributed by atoms with van der Waals surface area (Å²) < 4.78 is 50.7. The number of rotatable bonds is 4. The Kier molecular flexibility index (Phi) is 5.59. The van der Waals surface area contributed by atoms with Crippen molar-refractivity contribution in [1.29, 1.82) is 0 Å². The van der Waals surface area contributed by atoms with Crippen LogP contribution in [0.4, 0.5) is 19.0 Å². The van der Waals surface area contributed by atoms with E-state index in [1.54, 1.807) is 11.8 Å². The van der Waals surface area contributed by atoms with Gasteiger partial charge in [-0.2, -0.15) is 11.8 Å². The molecule has 9 nitrogen and oxygen atoms in total. The number of thioether (sulfide) groups is 1. The number of nitrogens with zero attached hydrogens (tertiary/aromatic N) is 4. The van der Waals surface area contributed by atoms with Crippen molar-refractivity contribution < 1.29 is 32.9 Å². The lowest BCUT2D eigenvalue weighted by atomic mass is 9.89. The van der Waals surface area contributed by atoms with Gasteiger partial charge in [0.2, 0.25) is 0 Å². The predicted molar refractivity (Wildman–Crippen MR) is 96.6 cm³/mol. The van der Waals surface area contributed by atoms with Crippen LogP contribution in [0.5, 0.6) is 0 Å². The maximum atomic E-state index is 13.1. The van der Waals surface area contributed by atoms with Crippen molar-refractivity contribution in [3.63, 3.8) is 0 Å². The average molecular weight is 435 g/mol. The molecule has 4 N–H and O–H groups in total. The zero-order chi connectivity index (χ0) is 20.8. The van der Waals surface area contributed by atoms with E-state index in [1.165, 1.54) is 17.2 Å². The molecule has 4 rings (SSSR count). The molecule has 160 valence electrons. The molecule has 0 amide bonds. The fraction of sp³-hybridized carbons (Fsp3) is 0.688. The second kappa shape index (κ2) is 7.87. The Morgan fingerprint density at radius 2 is 1.93 bits per heavy atom. The Morgan fingerprint density at radius 3 is 2.62 bits per heavy atom. The lowest BCUT2D eigenvalue weighted by Gasteiger charge is -2.34. The summed E-state index contributed by atoms with van der Waals surface area (Å²) in [6.45, 7) is 0. The summed E-state index contributed by atoms with van der Waals surface area (Å²) in [5.74, 6) is 1.04. The van der Waals surface area contributed by atoms with E-state index in [0.717, 1.165) is 0 Å². The summed E-state index contributed by atoms with van der Waals surface area (Å²) >= 11 is 1.65. The van der Waals surface area contributed by atoms with Gasteiger partial charge in [-0.25, -0.2) is 15.0 Å². The zero-order valence-electron chi connectivity index (χ0n) is 15.1. The van der Waals surface area contributed by atoms with Crippen LogP contribution >= 0.6 is 11.8 Å². The van der Waals surface area contributed by atoms with Gasteiger partial charge in [-0.15, -0.1) is 13.2 Å². The Bertz CT molecular complexity index is 863. The first-order chi connectivity index (χ1) is 13.8. The van der Waals surface area contributed by atoms with Gasteiger partial charge in [-0.1, -0.05) is 0 Å². The van der Waals surface area contributed by atoms with Gasteiger partial charge in [-0.3, -0.25) is 9.30 Å². The molecule has 0 spiro atoms. The number of aliphatic hydroxyl groups excluding tert-OH is 2. The smallest absolute Gasteiger partial charge is 0.387 e. The van der Waals surface area contributed by atoms with Crippen molar-refractivity contribution in [2.75, 3.05) is 17.2 Å². The summed E-state index contributed by atoms with van der Waals surface area (Å²) in [7, 11) is 0. The molecule has 0 radical (unpaired) electrons. The van der Waals surface area contributed by atoms with E-state index < -0.39 is 42.9 Å². The molecule has 29 heavy (non-hydrogen) atoms. The molecule has 5 atom stereocenters. The van der Waals surface area contributed by atoms with Gasteiger partial charge in [0.05, 0.1) is 12.4 Å². The molecular formula is C16H20F3N5O4S. The largest absolute Gasteiger partial charge is 0.522 e. The number of nitrogen functional groups attached to an aromatic ring is 1. The lowest BCUT2D eigenvalue weighted by Crippen LogP contribution is -2.47. The van der Waals surface area contributed by atoms with Gasteiger partial charge < -0.3 is 20.7 Å². The lowest BCUT2D eigenvalue weighted by molar-refractivity contribution is -0.361. The maximum absolute atomic E-state index is 13.1. The Labute approximate surface area is 167 Å². The number of anilines is 1. The molecule has 0 aromatic carbocycles. The van der Waals surface area contributed by atoms with Crippen molar-refractivity contribution in [2.45, 2.75) is 49.8 Å². The SMILES string of the molecule is Nc1ncnc2c1ncn2[C@@H]1O[C@H](C(OC(F)(F)F)C2CCSCC2)[C@@H](O)[C@H]1O. The highest BCUT2D eigenvalue weighted by Crippen LogP contribution is 2.40. The molecule has 2 aromatic heterocycles. The van der Waals surface area contributed by atoms with Crippen LogP contribution in [0.2, 0.25) is 0 Å². The van der Waals surface area contributed by atoms with Crippen molar-refractivity contribution in [2.24, 2.45) is 5.92 Å². The highest BCUT2D eigenvalue weighted by molar-refractivity contribution is 7.99. The van der Waals surface area contributed by atoms with Gasteiger partial charge in [0.25, 0.3) is 0 Å². The molecule has 0 bridgehead atoms. The summed E-state index contributed by atoms with van der Waals surface area (Å²) in [5.41, 5.74) is 6.24. The first kappa shape index (κ1) is 20.6. The number of aliphatic hydroxyl groups is 2. The molecule has 2 aliphatic heterocycles. The minimum absolute atomic E-state index is 0.108. The number of hydrogen-bond donors (Lipinski definition) is 3. The van der Waals surface area contributed by atoms with E-state index in [9.17, 15) is 23.4 Å². The molecule has 0 saturated carbocycles. The fourth-order valence-corrected chi connectivity index (χ4v) is 5.02. The van der Waals surface area contributed by atoms with E-state index in [4.69, 9.17) is 10.5 Å². The van der Waals surface area contributed by atoms with Gasteiger partial charge in [0.1, 0.15) is 30.2 Å². The number of fused-ring (bicyclic) bond motifs is 1. The van der Waals surface area contributed by atoms with Crippen molar-refractivity contribution in [3.8, 4) is 0 Å². The fourth-order valence-electron chi connectivity index (χ4n) is 3.87. The molecule has 2 aliphatic rings. The number of nitrogens with two attached hydrogens (primary N) is 1. The summed E-state index contributed by atoms with van der Waals surface area (Å²) in [6, 6.07) is 0. The quantitative estimate of drug-likeness (QED) is 0.646. The molecular weight excluding hydrogens is 415 g/mol. The summed E-state index contributed by atoms with van der Waals surface area (Å²) in [6.07, 6.45) is -8.54. The molecule has 0 aliphatic carbocycles. The van der Waals surface area contributed by atoms with Crippen LogP contribution in [0, 0.1) is 5.92 Å². The van der Waals surface area contributed by atoms with Gasteiger partial charge in [0, 0.05) is 0 Å². The second-order valence-corrected chi connectivity index (χ2v) is 8.26. The minimum atomic E-state index is -4.90. The van der Waals surface area contributed by atoms with Crippen molar-refractivity contribution >= 4 is 28.7 Å². The van der Waals surface area contributed by atoms with Gasteiger partial charge >= 0.3 is 6.36 Å². The highest BCUT2D eigenvalue weighted by Gasteiger charge is 2.52. The zero-order valence-corrected chi connectivity index (χ0v) is 15.9. The Balaban J connectivity index is 1.64. The topological polar surface area (TPSA) is 129 Å². The average Bonchev–Trinajstić information content (AvgIpc) is 3.23.